The Morgan fingerprint density at radius 1 is 1.11 bits per heavy atom. The van der Waals surface area contributed by atoms with Gasteiger partial charge in [0.25, 0.3) is 10.0 Å². The van der Waals surface area contributed by atoms with Gasteiger partial charge in [0.2, 0.25) is 0 Å². The van der Waals surface area contributed by atoms with Crippen molar-refractivity contribution in [3.05, 3.63) is 67.7 Å². The lowest BCUT2D eigenvalue weighted by atomic mass is 10.1. The van der Waals surface area contributed by atoms with Crippen molar-refractivity contribution in [2.24, 2.45) is 0 Å². The second-order valence-corrected chi connectivity index (χ2v) is 12.3. The minimum atomic E-state index is -4.34. The van der Waals surface area contributed by atoms with E-state index in [9.17, 15) is 18.0 Å². The van der Waals surface area contributed by atoms with Gasteiger partial charge in [-0.25, -0.2) is 22.0 Å². The molecule has 0 aliphatic heterocycles. The number of hydrogen-bond acceptors (Lipinski definition) is 6. The van der Waals surface area contributed by atoms with Crippen molar-refractivity contribution >= 4 is 78.1 Å². The Labute approximate surface area is 228 Å². The number of hydrogen-bond donors (Lipinski definition) is 0. The van der Waals surface area contributed by atoms with Gasteiger partial charge in [-0.05, 0) is 80.9 Å². The smallest absolute Gasteiger partial charge is 0.356 e. The Bertz CT molecular complexity index is 1490. The molecule has 0 saturated heterocycles. The van der Waals surface area contributed by atoms with Crippen LogP contribution < -0.4 is 0 Å². The molecule has 0 saturated carbocycles. The number of rotatable bonds is 6. The van der Waals surface area contributed by atoms with Crippen molar-refractivity contribution in [2.75, 3.05) is 6.61 Å². The number of halogens is 3. The molecule has 11 heteroatoms. The van der Waals surface area contributed by atoms with E-state index in [1.165, 1.54) is 30.3 Å². The highest BCUT2D eigenvalue weighted by atomic mass is 79.9. The summed E-state index contributed by atoms with van der Waals surface area (Å²) in [7, 11) is -4.34. The first kappa shape index (κ1) is 28.2. The number of benzene rings is 2. The molecule has 7 nitrogen and oxygen atoms in total. The number of aromatic nitrogens is 1. The van der Waals surface area contributed by atoms with E-state index in [1.54, 1.807) is 39.8 Å². The van der Waals surface area contributed by atoms with Gasteiger partial charge in [-0.2, -0.15) is 0 Å². The first-order valence-electron chi connectivity index (χ1n) is 10.8. The molecule has 3 aromatic rings. The zero-order chi connectivity index (χ0) is 27.0. The van der Waals surface area contributed by atoms with E-state index in [2.05, 4.69) is 15.9 Å². The van der Waals surface area contributed by atoms with Gasteiger partial charge in [-0.1, -0.05) is 40.9 Å². The highest BCUT2D eigenvalue weighted by Crippen LogP contribution is 2.39. The first-order chi connectivity index (χ1) is 16.7. The Kier molecular flexibility index (Phi) is 8.30. The predicted molar refractivity (Wildman–Crippen MR) is 144 cm³/mol. The van der Waals surface area contributed by atoms with E-state index >= 15 is 0 Å². The Morgan fingerprint density at radius 3 is 2.28 bits per heavy atom. The summed E-state index contributed by atoms with van der Waals surface area (Å²) in [6, 6.07) is 8.95. The van der Waals surface area contributed by atoms with E-state index in [-0.39, 0.29) is 48.2 Å². The summed E-state index contributed by atoms with van der Waals surface area (Å²) in [6.45, 7) is 8.50. The molecule has 192 valence electrons. The van der Waals surface area contributed by atoms with Crippen LogP contribution in [0.25, 0.3) is 17.0 Å². The highest BCUT2D eigenvalue weighted by molar-refractivity contribution is 9.12. The Hall–Kier alpha value is -2.33. The summed E-state index contributed by atoms with van der Waals surface area (Å²) < 4.78 is 39.2. The average Bonchev–Trinajstić information content (AvgIpc) is 3.07. The standard InChI is InChI=1S/C25H24BrCl2NO6S/c1-6-34-24(31)22-17(13-18(26)23(30)35-25(3,4)5)21-19(28)11-15(27)12-20(21)29(22)36(32,33)16-9-7-14(2)8-10-16/h7-13H,6H2,1-5H3/b18-13-. The van der Waals surface area contributed by atoms with Gasteiger partial charge in [0.1, 0.15) is 10.1 Å². The molecule has 0 spiro atoms. The summed E-state index contributed by atoms with van der Waals surface area (Å²) >= 11 is 16.0. The third-order valence-electron chi connectivity index (χ3n) is 4.87. The fourth-order valence-electron chi connectivity index (χ4n) is 3.45. The molecule has 0 unspecified atom stereocenters. The molecule has 36 heavy (non-hydrogen) atoms. The molecule has 0 atom stereocenters. The van der Waals surface area contributed by atoms with Crippen molar-refractivity contribution in [1.82, 2.24) is 3.97 Å². The lowest BCUT2D eigenvalue weighted by molar-refractivity contribution is -0.148. The summed E-state index contributed by atoms with van der Waals surface area (Å²) in [5.74, 6) is -1.64. The summed E-state index contributed by atoms with van der Waals surface area (Å²) in [6.07, 6.45) is 1.30. The minimum Gasteiger partial charge on any atom is -0.461 e. The molecule has 2 aromatic carbocycles. The maximum Gasteiger partial charge on any atom is 0.356 e. The van der Waals surface area contributed by atoms with Gasteiger partial charge < -0.3 is 9.47 Å². The summed E-state index contributed by atoms with van der Waals surface area (Å²) in [4.78, 5) is 25.8. The van der Waals surface area contributed by atoms with Crippen LogP contribution in [0.4, 0.5) is 0 Å². The van der Waals surface area contributed by atoms with Gasteiger partial charge in [-0.3, -0.25) is 0 Å². The molecule has 0 amide bonds. The van der Waals surface area contributed by atoms with E-state index in [0.717, 1.165) is 9.54 Å². The molecule has 0 aliphatic carbocycles. The van der Waals surface area contributed by atoms with Crippen LogP contribution in [-0.2, 0) is 24.3 Å². The van der Waals surface area contributed by atoms with E-state index in [0.29, 0.717) is 0 Å². The largest absolute Gasteiger partial charge is 0.461 e. The van der Waals surface area contributed by atoms with Crippen molar-refractivity contribution in [2.45, 2.75) is 45.1 Å². The topological polar surface area (TPSA) is 91.7 Å². The lowest BCUT2D eigenvalue weighted by Gasteiger charge is -2.19. The SMILES string of the molecule is CCOC(=O)c1c(/C=C(\Br)C(=O)OC(C)(C)C)c2c(Cl)cc(Cl)cc2n1S(=O)(=O)c1ccc(C)cc1. The number of fused-ring (bicyclic) bond motifs is 1. The number of esters is 2. The molecule has 0 fully saturated rings. The Morgan fingerprint density at radius 2 is 1.72 bits per heavy atom. The molecule has 1 heterocycles. The summed E-state index contributed by atoms with van der Waals surface area (Å²) in [5, 5.41) is 0.430. The average molecular weight is 617 g/mol. The van der Waals surface area contributed by atoms with Crippen LogP contribution in [0.2, 0.25) is 10.0 Å². The van der Waals surface area contributed by atoms with Crippen LogP contribution >= 0.6 is 39.1 Å². The van der Waals surface area contributed by atoms with Gasteiger partial charge in [-0.15, -0.1) is 0 Å². The van der Waals surface area contributed by atoms with Crippen molar-refractivity contribution < 1.29 is 27.5 Å². The zero-order valence-electron chi connectivity index (χ0n) is 20.2. The maximum atomic E-state index is 13.9. The fraction of sp³-hybridized carbons (Fsp3) is 0.280. The van der Waals surface area contributed by atoms with E-state index in [4.69, 9.17) is 32.7 Å². The van der Waals surface area contributed by atoms with Crippen LogP contribution in [0, 0.1) is 6.92 Å². The zero-order valence-corrected chi connectivity index (χ0v) is 24.1. The summed E-state index contributed by atoms with van der Waals surface area (Å²) in [5.41, 5.74) is -0.169. The number of aryl methyl sites for hydroxylation is 1. The number of ether oxygens (including phenoxy) is 2. The van der Waals surface area contributed by atoms with Crippen LogP contribution in [0.1, 0.15) is 49.3 Å². The predicted octanol–water partition coefficient (Wildman–Crippen LogP) is 6.75. The molecule has 0 bridgehead atoms. The van der Waals surface area contributed by atoms with E-state index in [1.807, 2.05) is 6.92 Å². The van der Waals surface area contributed by atoms with Crippen molar-refractivity contribution in [1.29, 1.82) is 0 Å². The van der Waals surface area contributed by atoms with Gasteiger partial charge in [0, 0.05) is 16.0 Å². The van der Waals surface area contributed by atoms with Crippen LogP contribution in [0.3, 0.4) is 0 Å². The third kappa shape index (κ3) is 5.80. The first-order valence-corrected chi connectivity index (χ1v) is 13.8. The second kappa shape index (κ2) is 10.6. The van der Waals surface area contributed by atoms with Gasteiger partial charge >= 0.3 is 11.9 Å². The fourth-order valence-corrected chi connectivity index (χ4v) is 5.85. The molecule has 1 aromatic heterocycles. The number of nitrogens with zero attached hydrogens (tertiary/aromatic N) is 1. The Balaban J connectivity index is 2.46. The van der Waals surface area contributed by atoms with E-state index < -0.39 is 27.6 Å². The third-order valence-corrected chi connectivity index (χ3v) is 7.67. The van der Waals surface area contributed by atoms with Gasteiger partial charge in [0.05, 0.1) is 22.0 Å². The molecule has 0 N–H and O–H groups in total. The normalized spacial score (nSPS) is 12.6. The van der Waals surface area contributed by atoms with Crippen LogP contribution in [0.15, 0.2) is 45.8 Å². The van der Waals surface area contributed by atoms with Gasteiger partial charge in [0.15, 0.2) is 5.69 Å². The van der Waals surface area contributed by atoms with Crippen molar-refractivity contribution in [3.63, 3.8) is 0 Å². The van der Waals surface area contributed by atoms with Crippen LogP contribution in [-0.4, -0.2) is 36.5 Å². The molecular weight excluding hydrogens is 593 g/mol. The minimum absolute atomic E-state index is 0.0180. The lowest BCUT2D eigenvalue weighted by Crippen LogP contribution is -2.23. The highest BCUT2D eigenvalue weighted by Gasteiger charge is 2.33. The monoisotopic (exact) mass is 615 g/mol. The second-order valence-electron chi connectivity index (χ2n) is 8.84. The quantitative estimate of drug-likeness (QED) is 0.225. The number of carbonyl (C=O) groups excluding carboxylic acids is 2. The molecular formula is C25H24BrCl2NO6S. The number of carbonyl (C=O) groups is 2. The molecule has 3 rings (SSSR count). The van der Waals surface area contributed by atoms with Crippen LogP contribution in [0.5, 0.6) is 0 Å². The molecule has 0 radical (unpaired) electrons. The molecule has 0 aliphatic rings. The van der Waals surface area contributed by atoms with Crippen molar-refractivity contribution in [3.8, 4) is 0 Å². The maximum absolute atomic E-state index is 13.9.